The maximum Gasteiger partial charge on any atom is 0.329 e. The number of nitrogens with one attached hydrogen (secondary N) is 2. The van der Waals surface area contributed by atoms with E-state index in [-0.39, 0.29) is 47.5 Å². The molecule has 4 aromatic heterocycles. The van der Waals surface area contributed by atoms with Gasteiger partial charge < -0.3 is 34.4 Å². The van der Waals surface area contributed by atoms with Crippen molar-refractivity contribution >= 4 is 51.6 Å². The van der Waals surface area contributed by atoms with Crippen molar-refractivity contribution in [2.45, 2.75) is 82.0 Å². The van der Waals surface area contributed by atoms with Gasteiger partial charge in [0, 0.05) is 84.1 Å². The van der Waals surface area contributed by atoms with Crippen LogP contribution in [0.5, 0.6) is 5.75 Å². The van der Waals surface area contributed by atoms with Crippen molar-refractivity contribution in [2.75, 3.05) is 88.2 Å². The molecule has 3 amide bonds. The first kappa shape index (κ1) is 43.9. The molecule has 2 N–H and O–H groups in total. The number of ether oxygens (including phenoxy) is 2. The van der Waals surface area contributed by atoms with Gasteiger partial charge in [-0.05, 0) is 50.9 Å². The second-order valence-electron chi connectivity index (χ2n) is 18.6. The number of imidazole rings is 1. The number of aryl methyl sites for hydroxylation is 1. The van der Waals surface area contributed by atoms with Crippen LogP contribution in [0.4, 0.5) is 26.0 Å². The molecule has 0 radical (unpaired) electrons. The zero-order valence-electron chi connectivity index (χ0n) is 37.6. The number of nitrogens with zero attached hydrogens (tertiary/aromatic N) is 11. The van der Waals surface area contributed by atoms with Gasteiger partial charge in [-0.15, -0.1) is 0 Å². The maximum atomic E-state index is 13.7. The average molecular weight is 914 g/mol. The van der Waals surface area contributed by atoms with E-state index >= 15 is 0 Å². The Morgan fingerprint density at radius 1 is 1.00 bits per heavy atom. The number of morpholine rings is 1. The summed E-state index contributed by atoms with van der Waals surface area (Å²) in [7, 11) is 5.54. The minimum absolute atomic E-state index is 0.0325. The summed E-state index contributed by atoms with van der Waals surface area (Å²) in [5.74, 6) is 0.796. The first-order valence-corrected chi connectivity index (χ1v) is 23.1. The molecule has 66 heavy (non-hydrogen) atoms. The highest BCUT2D eigenvalue weighted by molar-refractivity contribution is 6.08. The summed E-state index contributed by atoms with van der Waals surface area (Å²) in [6.07, 6.45) is 8.71. The standard InChI is InChI=1S/C23H32N6O4.C22H25F2N7O2/c1-25-8-10-27(11-9-25)12-15-13-28(14-15)21-18(33-3)6-4-16-20(21)26(2)23(32)29(16)17-5-7-19(30)24-22(17)31;23-20(24)19-17(11-31(28-19)13-4-2-1-3-5-13)26-22(32)16-9-25-30-7-6-18(27-21(16)30)29-10-15-8-14(29)12-33-15/h4,6,15,17H,5,7-14H2,1-3H3,(H,24,30,31);6-7,9,11,13-15,20H,1-5,8,10,12H2,(H,26,32)/t;14?,15-/m.1/s1. The molecule has 6 fully saturated rings. The Hall–Kier alpha value is -5.93. The summed E-state index contributed by atoms with van der Waals surface area (Å²) in [6.45, 7) is 8.76. The Kier molecular flexibility index (Phi) is 12.0. The number of halogens is 2. The largest absolute Gasteiger partial charge is 0.494 e. The molecule has 1 aromatic carbocycles. The number of carbonyl (C=O) groups excluding carboxylic acids is 3. The van der Waals surface area contributed by atoms with E-state index in [0.29, 0.717) is 30.1 Å². The van der Waals surface area contributed by atoms with Crippen LogP contribution in [0.3, 0.4) is 0 Å². The van der Waals surface area contributed by atoms with Crippen molar-refractivity contribution in [3.8, 4) is 5.75 Å². The zero-order valence-corrected chi connectivity index (χ0v) is 37.6. The predicted molar refractivity (Wildman–Crippen MR) is 241 cm³/mol. The fraction of sp³-hybridized carbons (Fsp3) is 0.578. The molecule has 2 unspecified atom stereocenters. The van der Waals surface area contributed by atoms with Crippen LogP contribution in [-0.2, 0) is 21.4 Å². The third-order valence-corrected chi connectivity index (χ3v) is 14.3. The number of anilines is 3. The van der Waals surface area contributed by atoms with Gasteiger partial charge in [-0.25, -0.2) is 23.1 Å². The molecule has 1 aliphatic carbocycles. The zero-order chi connectivity index (χ0) is 45.8. The summed E-state index contributed by atoms with van der Waals surface area (Å²) >= 11 is 0. The van der Waals surface area contributed by atoms with Crippen molar-refractivity contribution < 1.29 is 32.6 Å². The van der Waals surface area contributed by atoms with Crippen molar-refractivity contribution in [1.82, 2.24) is 48.6 Å². The van der Waals surface area contributed by atoms with E-state index in [1.165, 1.54) is 21.5 Å². The highest BCUT2D eigenvalue weighted by atomic mass is 19.3. The summed E-state index contributed by atoms with van der Waals surface area (Å²) in [6, 6.07) is 5.25. The summed E-state index contributed by atoms with van der Waals surface area (Å²) in [5.41, 5.74) is 2.32. The molecule has 5 saturated heterocycles. The highest BCUT2D eigenvalue weighted by Crippen LogP contribution is 2.41. The van der Waals surface area contributed by atoms with Gasteiger partial charge in [0.05, 0.1) is 54.8 Å². The van der Waals surface area contributed by atoms with E-state index in [9.17, 15) is 28.0 Å². The monoisotopic (exact) mass is 913 g/mol. The highest BCUT2D eigenvalue weighted by Gasteiger charge is 2.40. The van der Waals surface area contributed by atoms with E-state index in [1.54, 1.807) is 29.6 Å². The number of alkyl halides is 2. The summed E-state index contributed by atoms with van der Waals surface area (Å²) in [5, 5.41) is 13.3. The van der Waals surface area contributed by atoms with E-state index < -0.39 is 30.0 Å². The average Bonchev–Trinajstić information content (AvgIpc) is 4.16. The molecule has 3 atom stereocenters. The molecule has 11 rings (SSSR count). The quantitative estimate of drug-likeness (QED) is 0.194. The molecule has 352 valence electrons. The van der Waals surface area contributed by atoms with Crippen molar-refractivity contribution in [2.24, 2.45) is 13.0 Å². The van der Waals surface area contributed by atoms with Crippen LogP contribution >= 0.6 is 0 Å². The fourth-order valence-corrected chi connectivity index (χ4v) is 10.6. The second-order valence-corrected chi connectivity index (χ2v) is 18.6. The third-order valence-electron chi connectivity index (χ3n) is 14.3. The Balaban J connectivity index is 0.000000155. The van der Waals surface area contributed by atoms with E-state index in [0.717, 1.165) is 114 Å². The molecule has 5 aliphatic heterocycles. The number of amides is 3. The van der Waals surface area contributed by atoms with Gasteiger partial charge >= 0.3 is 5.69 Å². The SMILES string of the molecule is COc1ccc2c(c1N1CC(CN3CCN(C)CC3)C1)n(C)c(=O)n2C1CCC(=O)NC1=O.O=C(Nc1cn(C2CCCCC2)nc1C(F)F)c1cnn2ccc(N3C[C@H]4CC3CO4)nc12. The number of piperazine rings is 1. The summed E-state index contributed by atoms with van der Waals surface area (Å²) in [4.78, 5) is 64.5. The predicted octanol–water partition coefficient (Wildman–Crippen LogP) is 3.61. The van der Waals surface area contributed by atoms with Gasteiger partial charge in [0.15, 0.2) is 11.3 Å². The number of imide groups is 1. The lowest BCUT2D eigenvalue weighted by atomic mass is 9.96. The lowest BCUT2D eigenvalue weighted by Crippen LogP contribution is -2.54. The number of aromatic nitrogens is 7. The second kappa shape index (κ2) is 18.0. The van der Waals surface area contributed by atoms with Crippen LogP contribution in [0.1, 0.15) is 85.9 Å². The lowest BCUT2D eigenvalue weighted by molar-refractivity contribution is -0.135. The molecule has 9 heterocycles. The summed E-state index contributed by atoms with van der Waals surface area (Å²) < 4.78 is 44.9. The number of carbonyl (C=O) groups is 3. The molecule has 6 aliphatic rings. The molecule has 1 saturated carbocycles. The van der Waals surface area contributed by atoms with Crippen LogP contribution in [0.15, 0.2) is 41.6 Å². The Morgan fingerprint density at radius 3 is 2.48 bits per heavy atom. The molecule has 21 heteroatoms. The molecule has 19 nitrogen and oxygen atoms in total. The topological polar surface area (TPSA) is 182 Å². The lowest BCUT2D eigenvalue weighted by Gasteiger charge is -2.45. The molecule has 2 bridgehead atoms. The van der Waals surface area contributed by atoms with Crippen LogP contribution in [0, 0.1) is 5.92 Å². The van der Waals surface area contributed by atoms with Crippen LogP contribution < -0.4 is 30.9 Å². The van der Waals surface area contributed by atoms with E-state index in [1.807, 2.05) is 18.2 Å². The number of hydrogen-bond donors (Lipinski definition) is 2. The van der Waals surface area contributed by atoms with Gasteiger partial charge in [0.25, 0.3) is 12.3 Å². The van der Waals surface area contributed by atoms with Gasteiger partial charge in [0.2, 0.25) is 11.8 Å². The number of methoxy groups -OCH3 is 1. The number of rotatable bonds is 10. The molecule has 5 aromatic rings. The van der Waals surface area contributed by atoms with E-state index in [4.69, 9.17) is 9.47 Å². The number of likely N-dealkylation sites (N-methyl/N-ethyl adjacent to an activating group) is 1. The molecule has 0 spiro atoms. The minimum atomic E-state index is -2.79. The number of benzene rings is 1. The van der Waals surface area contributed by atoms with Gasteiger partial charge in [-0.2, -0.15) is 10.2 Å². The van der Waals surface area contributed by atoms with Crippen molar-refractivity contribution in [3.05, 3.63) is 58.5 Å². The van der Waals surface area contributed by atoms with Crippen LogP contribution in [-0.4, -0.2) is 146 Å². The van der Waals surface area contributed by atoms with Gasteiger partial charge in [-0.1, -0.05) is 19.3 Å². The maximum absolute atomic E-state index is 13.7. The first-order chi connectivity index (χ1) is 31.9. The third kappa shape index (κ3) is 8.29. The Labute approximate surface area is 379 Å². The van der Waals surface area contributed by atoms with Crippen LogP contribution in [0.2, 0.25) is 0 Å². The fourth-order valence-electron chi connectivity index (χ4n) is 10.6. The van der Waals surface area contributed by atoms with Crippen molar-refractivity contribution in [3.63, 3.8) is 0 Å². The normalized spacial score (nSPS) is 23.2. The Morgan fingerprint density at radius 2 is 1.79 bits per heavy atom. The Bertz CT molecular complexity index is 2690. The van der Waals surface area contributed by atoms with Crippen LogP contribution in [0.25, 0.3) is 16.7 Å². The smallest absolute Gasteiger partial charge is 0.329 e. The first-order valence-electron chi connectivity index (χ1n) is 23.1. The minimum Gasteiger partial charge on any atom is -0.494 e. The number of fused-ring (bicyclic) bond motifs is 4. The molecular weight excluding hydrogens is 857 g/mol. The van der Waals surface area contributed by atoms with E-state index in [2.05, 4.69) is 52.5 Å². The van der Waals surface area contributed by atoms with Gasteiger partial charge in [0.1, 0.15) is 28.9 Å². The molecular formula is C45H57F2N13O6. The van der Waals surface area contributed by atoms with Crippen molar-refractivity contribution in [1.29, 1.82) is 0 Å². The number of piperidine rings is 1. The van der Waals surface area contributed by atoms with Gasteiger partial charge in [-0.3, -0.25) is 33.5 Å². The number of hydrogen-bond acceptors (Lipinski definition) is 13.